The summed E-state index contributed by atoms with van der Waals surface area (Å²) in [6, 6.07) is 23.4. The molecule has 0 spiro atoms. The number of benzene rings is 3. The Bertz CT molecular complexity index is 1280. The number of anilines is 1. The quantitative estimate of drug-likeness (QED) is 0.277. The van der Waals surface area contributed by atoms with Crippen LogP contribution in [0, 0.1) is 12.7 Å². The van der Waals surface area contributed by atoms with Crippen LogP contribution < -0.4 is 9.88 Å². The average molecular weight is 599 g/mol. The summed E-state index contributed by atoms with van der Waals surface area (Å²) < 4.78 is 0. The summed E-state index contributed by atoms with van der Waals surface area (Å²) >= 11 is 0. The maximum atomic E-state index is 4.52. The van der Waals surface area contributed by atoms with Crippen LogP contribution in [0.5, 0.6) is 0 Å². The largest absolute Gasteiger partial charge is 0.510 e. The van der Waals surface area contributed by atoms with E-state index in [9.17, 15) is 0 Å². The molecule has 0 N–H and O–H groups in total. The Morgan fingerprint density at radius 2 is 1.78 bits per heavy atom. The maximum absolute atomic E-state index is 4.52. The maximum Gasteiger partial charge on any atom is 0.0803 e. The van der Waals surface area contributed by atoms with E-state index < -0.39 is 0 Å². The van der Waals surface area contributed by atoms with Gasteiger partial charge in [-0.1, -0.05) is 36.4 Å². The first-order chi connectivity index (χ1) is 15.3. The Kier molecular flexibility index (Phi) is 6.62. The van der Waals surface area contributed by atoms with Gasteiger partial charge in [0.05, 0.1) is 11.9 Å². The zero-order valence-corrected chi connectivity index (χ0v) is 19.5. The second-order valence-electron chi connectivity index (χ2n) is 7.06. The minimum Gasteiger partial charge on any atom is -0.510 e. The van der Waals surface area contributed by atoms with Crippen molar-refractivity contribution in [1.29, 1.82) is 0 Å². The summed E-state index contributed by atoms with van der Waals surface area (Å²) in [5.74, 6) is 0.624. The van der Waals surface area contributed by atoms with Crippen LogP contribution in [0.1, 0.15) is 0 Å². The third-order valence-corrected chi connectivity index (χ3v) is 4.83. The van der Waals surface area contributed by atoms with Crippen LogP contribution in [-0.2, 0) is 21.1 Å². The van der Waals surface area contributed by atoms with Crippen molar-refractivity contribution >= 4 is 27.5 Å². The predicted octanol–water partition coefficient (Wildman–Crippen LogP) is 4.63. The molecule has 0 saturated carbocycles. The van der Waals surface area contributed by atoms with E-state index in [1.54, 1.807) is 18.6 Å². The number of imidazole rings is 1. The van der Waals surface area contributed by atoms with Gasteiger partial charge in [-0.2, -0.15) is 37.0 Å². The van der Waals surface area contributed by atoms with E-state index in [1.165, 1.54) is 10.8 Å². The standard InChI is InChI=1S/C15H9N4.C10H10N2.Pt/c1-2-4-11-8-13-12(7-10(11)3-1)18-15(19-13)14-9-16-5-6-17-14;1-11-7-8-12(9-11)10-5-3-2-4-6-10;/h1-9H;2-5,7-9H,1H3;/q-1;-2;. The van der Waals surface area contributed by atoms with Crippen molar-refractivity contribution in [1.82, 2.24) is 24.8 Å². The number of hydrogen-bond acceptors (Lipinski definition) is 5. The fourth-order valence-electron chi connectivity index (χ4n) is 3.31. The fourth-order valence-corrected chi connectivity index (χ4v) is 3.31. The van der Waals surface area contributed by atoms with Gasteiger partial charge in [0, 0.05) is 33.5 Å². The first-order valence-corrected chi connectivity index (χ1v) is 9.86. The zero-order chi connectivity index (χ0) is 21.0. The summed E-state index contributed by atoms with van der Waals surface area (Å²) in [6.45, 7) is 2.01. The summed E-state index contributed by atoms with van der Waals surface area (Å²) in [6.07, 6.45) is 8.97. The third kappa shape index (κ3) is 4.71. The van der Waals surface area contributed by atoms with Gasteiger partial charge in [-0.05, 0) is 47.1 Å². The molecule has 162 valence electrons. The molecule has 0 atom stereocenters. The summed E-state index contributed by atoms with van der Waals surface area (Å²) in [4.78, 5) is 21.3. The van der Waals surface area contributed by atoms with Gasteiger partial charge >= 0.3 is 0 Å². The van der Waals surface area contributed by atoms with Crippen molar-refractivity contribution in [3.63, 3.8) is 0 Å². The molecule has 0 saturated heterocycles. The molecule has 6 rings (SSSR count). The molecule has 3 heterocycles. The zero-order valence-electron chi connectivity index (χ0n) is 17.2. The van der Waals surface area contributed by atoms with Gasteiger partial charge in [-0.3, -0.25) is 9.97 Å². The van der Waals surface area contributed by atoms with Crippen LogP contribution >= 0.6 is 0 Å². The molecule has 0 radical (unpaired) electrons. The van der Waals surface area contributed by atoms with Gasteiger partial charge < -0.3 is 19.8 Å². The number of rotatable bonds is 2. The minimum absolute atomic E-state index is 0. The van der Waals surface area contributed by atoms with E-state index in [4.69, 9.17) is 0 Å². The molecule has 32 heavy (non-hydrogen) atoms. The summed E-state index contributed by atoms with van der Waals surface area (Å²) in [7, 11) is 2.00. The van der Waals surface area contributed by atoms with Gasteiger partial charge in [-0.15, -0.1) is 5.69 Å². The van der Waals surface area contributed by atoms with Crippen LogP contribution in [0.25, 0.3) is 33.3 Å². The fraction of sp³-hybridized carbons (Fsp3) is 0.0400. The van der Waals surface area contributed by atoms with Crippen LogP contribution in [0.4, 0.5) is 5.69 Å². The van der Waals surface area contributed by atoms with E-state index in [-0.39, 0.29) is 21.1 Å². The van der Waals surface area contributed by atoms with Crippen LogP contribution in [0.2, 0.25) is 0 Å². The second-order valence-corrected chi connectivity index (χ2v) is 7.06. The smallest absolute Gasteiger partial charge is 0.0803 e. The molecule has 0 unspecified atom stereocenters. The van der Waals surface area contributed by atoms with E-state index >= 15 is 0 Å². The molecule has 1 aliphatic rings. The molecule has 5 aromatic rings. The first-order valence-electron chi connectivity index (χ1n) is 9.86. The van der Waals surface area contributed by atoms with Gasteiger partial charge in [0.15, 0.2) is 0 Å². The van der Waals surface area contributed by atoms with Crippen molar-refractivity contribution < 1.29 is 21.1 Å². The topological polar surface area (TPSA) is 59.2 Å². The molecule has 0 aliphatic carbocycles. The Balaban J connectivity index is 0.000000164. The molecule has 0 bridgehead atoms. The molecule has 7 heteroatoms. The van der Waals surface area contributed by atoms with E-state index in [0.29, 0.717) is 11.5 Å². The van der Waals surface area contributed by atoms with Crippen molar-refractivity contribution in [2.75, 3.05) is 11.9 Å². The van der Waals surface area contributed by atoms with Crippen molar-refractivity contribution in [2.45, 2.75) is 0 Å². The Morgan fingerprint density at radius 3 is 2.47 bits per heavy atom. The van der Waals surface area contributed by atoms with Crippen molar-refractivity contribution in [3.05, 3.63) is 104 Å². The van der Waals surface area contributed by atoms with E-state index in [0.717, 1.165) is 16.7 Å². The minimum atomic E-state index is 0. The number of fused-ring (bicyclic) bond motifs is 2. The molecule has 0 amide bonds. The molecular formula is C25H19N6Pt-3. The number of nitrogens with zero attached hydrogens (tertiary/aromatic N) is 6. The van der Waals surface area contributed by atoms with Crippen molar-refractivity contribution in [2.24, 2.45) is 0 Å². The Morgan fingerprint density at radius 1 is 0.969 bits per heavy atom. The van der Waals surface area contributed by atoms with E-state index in [1.807, 2.05) is 72.3 Å². The van der Waals surface area contributed by atoms with Gasteiger partial charge in [0.1, 0.15) is 0 Å². The van der Waals surface area contributed by atoms with Crippen LogP contribution in [0.3, 0.4) is 0 Å². The molecule has 1 aliphatic heterocycles. The van der Waals surface area contributed by atoms with E-state index in [2.05, 4.69) is 50.3 Å². The molecule has 0 fully saturated rings. The third-order valence-electron chi connectivity index (χ3n) is 4.83. The predicted molar refractivity (Wildman–Crippen MR) is 123 cm³/mol. The first kappa shape index (κ1) is 21.7. The normalized spacial score (nSPS) is 12.5. The SMILES string of the molecule is CN1C=CN(c2[c-]cccc2)[CH-]1.[Pt].c1ccc2cc3[n-]c(-c4cnccn4)nc3cc2c1. The summed E-state index contributed by atoms with van der Waals surface area (Å²) in [5.41, 5.74) is 3.54. The van der Waals surface area contributed by atoms with Gasteiger partial charge in [-0.25, -0.2) is 0 Å². The molecule has 2 aromatic heterocycles. The Hall–Kier alpha value is -3.50. The van der Waals surface area contributed by atoms with Gasteiger partial charge in [0.25, 0.3) is 0 Å². The van der Waals surface area contributed by atoms with Gasteiger partial charge in [0.2, 0.25) is 0 Å². The molecule has 6 nitrogen and oxygen atoms in total. The second kappa shape index (κ2) is 9.75. The molecular weight excluding hydrogens is 579 g/mol. The average Bonchev–Trinajstić information content (AvgIpc) is 3.45. The molecule has 3 aromatic carbocycles. The van der Waals surface area contributed by atoms with Crippen molar-refractivity contribution in [3.8, 4) is 11.5 Å². The number of hydrogen-bond donors (Lipinski definition) is 0. The summed E-state index contributed by atoms with van der Waals surface area (Å²) in [5, 5.41) is 2.33. The van der Waals surface area contributed by atoms with Crippen LogP contribution in [-0.4, -0.2) is 26.9 Å². The number of aromatic nitrogens is 4. The monoisotopic (exact) mass is 598 g/mol. The number of para-hydroxylation sites is 1. The van der Waals surface area contributed by atoms with Crippen LogP contribution in [0.15, 0.2) is 91.7 Å². The Labute approximate surface area is 200 Å².